The quantitative estimate of drug-likeness (QED) is 0.167. The predicted octanol–water partition coefficient (Wildman–Crippen LogP) is 16.0. The van der Waals surface area contributed by atoms with Crippen molar-refractivity contribution in [3.63, 3.8) is 0 Å². The third-order valence-electron chi connectivity index (χ3n) is 13.8. The Morgan fingerprint density at radius 3 is 1.27 bits per heavy atom. The highest BCUT2D eigenvalue weighted by atomic mass is 15.2. The molecule has 5 aromatic heterocycles. The molecule has 0 aliphatic rings. The molecule has 0 aliphatic carbocycles. The zero-order valence-electron chi connectivity index (χ0n) is 35.5. The highest BCUT2D eigenvalue weighted by Gasteiger charge is 2.30. The molecule has 0 unspecified atom stereocenters. The van der Waals surface area contributed by atoms with E-state index < -0.39 is 0 Å². The van der Waals surface area contributed by atoms with Crippen LogP contribution in [0.15, 0.2) is 218 Å². The summed E-state index contributed by atoms with van der Waals surface area (Å²) in [6.45, 7) is 0. The van der Waals surface area contributed by atoms with E-state index in [4.69, 9.17) is 9.97 Å². The Morgan fingerprint density at radius 2 is 0.697 bits per heavy atom. The molecule has 0 fully saturated rings. The van der Waals surface area contributed by atoms with Gasteiger partial charge in [-0.3, -0.25) is 8.80 Å². The van der Waals surface area contributed by atoms with Crippen LogP contribution in [0.25, 0.3) is 98.3 Å². The van der Waals surface area contributed by atoms with E-state index in [1.807, 2.05) is 0 Å². The van der Waals surface area contributed by atoms with Crippen molar-refractivity contribution in [3.05, 3.63) is 218 Å². The molecule has 5 heterocycles. The van der Waals surface area contributed by atoms with Crippen LogP contribution < -0.4 is 9.80 Å². The van der Waals surface area contributed by atoms with Gasteiger partial charge < -0.3 is 9.80 Å². The molecule has 15 rings (SSSR count). The number of benzene rings is 10. The molecule has 0 amide bonds. The van der Waals surface area contributed by atoms with E-state index in [0.717, 1.165) is 89.3 Å². The lowest BCUT2D eigenvalue weighted by molar-refractivity contribution is 1.22. The highest BCUT2D eigenvalue weighted by Crippen LogP contribution is 2.51. The largest absolute Gasteiger partial charge is 0.308 e. The lowest BCUT2D eigenvalue weighted by atomic mass is 9.97. The summed E-state index contributed by atoms with van der Waals surface area (Å²) in [5, 5.41) is 11.7. The summed E-state index contributed by atoms with van der Waals surface area (Å²) < 4.78 is 4.84. The Morgan fingerprint density at radius 1 is 0.288 bits per heavy atom. The van der Waals surface area contributed by atoms with Crippen LogP contribution in [-0.2, 0) is 0 Å². The second-order valence-electron chi connectivity index (χ2n) is 17.3. The van der Waals surface area contributed by atoms with Gasteiger partial charge in [-0.05, 0) is 88.3 Å². The van der Waals surface area contributed by atoms with E-state index in [0.29, 0.717) is 0 Å². The summed E-state index contributed by atoms with van der Waals surface area (Å²) in [5.41, 5.74) is 14.4. The van der Waals surface area contributed by atoms with Gasteiger partial charge in [0.05, 0.1) is 33.4 Å². The molecule has 0 saturated carbocycles. The number of anilines is 6. The monoisotopic (exact) mass is 840 g/mol. The molecular weight excluding hydrogens is 805 g/mol. The molecule has 0 aliphatic heterocycles. The molecular formula is C60H36N6. The maximum Gasteiger partial charge on any atom is 0.165 e. The van der Waals surface area contributed by atoms with Gasteiger partial charge in [-0.2, -0.15) is 0 Å². The van der Waals surface area contributed by atoms with Crippen molar-refractivity contribution in [2.75, 3.05) is 9.80 Å². The van der Waals surface area contributed by atoms with Crippen molar-refractivity contribution in [1.82, 2.24) is 18.8 Å². The van der Waals surface area contributed by atoms with Gasteiger partial charge >= 0.3 is 0 Å². The molecule has 306 valence electrons. The van der Waals surface area contributed by atoms with Crippen molar-refractivity contribution in [2.45, 2.75) is 0 Å². The van der Waals surface area contributed by atoms with E-state index >= 15 is 0 Å². The molecule has 10 aromatic carbocycles. The fraction of sp³-hybridized carbons (Fsp3) is 0. The van der Waals surface area contributed by atoms with Crippen LogP contribution >= 0.6 is 0 Å². The minimum atomic E-state index is 0.846. The van der Waals surface area contributed by atoms with E-state index in [2.05, 4.69) is 237 Å². The molecule has 6 nitrogen and oxygen atoms in total. The second-order valence-corrected chi connectivity index (χ2v) is 17.3. The number of para-hydroxylation sites is 6. The first-order chi connectivity index (χ1) is 32.8. The van der Waals surface area contributed by atoms with Crippen LogP contribution in [0.3, 0.4) is 0 Å². The number of aromatic nitrogens is 4. The molecule has 15 aromatic rings. The third kappa shape index (κ3) is 4.69. The van der Waals surface area contributed by atoms with Crippen molar-refractivity contribution in [3.8, 4) is 0 Å². The summed E-state index contributed by atoms with van der Waals surface area (Å²) in [4.78, 5) is 16.5. The van der Waals surface area contributed by atoms with Crippen LogP contribution in [0.4, 0.5) is 34.1 Å². The Balaban J connectivity index is 1.14. The van der Waals surface area contributed by atoms with Crippen molar-refractivity contribution < 1.29 is 0 Å². The third-order valence-corrected chi connectivity index (χ3v) is 13.8. The van der Waals surface area contributed by atoms with Gasteiger partial charge in [0.25, 0.3) is 0 Å². The smallest absolute Gasteiger partial charge is 0.165 e. The van der Waals surface area contributed by atoms with Gasteiger partial charge in [0.15, 0.2) is 11.3 Å². The van der Waals surface area contributed by atoms with Gasteiger partial charge in [-0.25, -0.2) is 9.97 Å². The van der Waals surface area contributed by atoms with E-state index in [1.165, 1.54) is 43.1 Å². The van der Waals surface area contributed by atoms with E-state index in [9.17, 15) is 0 Å². The van der Waals surface area contributed by atoms with Gasteiger partial charge in [0.1, 0.15) is 11.0 Å². The van der Waals surface area contributed by atoms with Crippen LogP contribution in [0.1, 0.15) is 0 Å². The van der Waals surface area contributed by atoms with Gasteiger partial charge in [-0.1, -0.05) is 152 Å². The maximum absolute atomic E-state index is 5.87. The summed E-state index contributed by atoms with van der Waals surface area (Å²) in [6, 6.07) is 78.5. The number of hydrogen-bond acceptors (Lipinski definition) is 4. The molecule has 0 saturated heterocycles. The van der Waals surface area contributed by atoms with Gasteiger partial charge in [0.2, 0.25) is 0 Å². The SMILES string of the molecule is c1ccc(N(c2ccccc2)c2cccc3c4cccc5c6nc7c(nc6n(c23)c45)c2cc3ccccc3c3c4c5ccccc5cc(N(c5ccccc5)c5ccccc5)c4n7c23)cc1. The molecule has 0 N–H and O–H groups in total. The average Bonchev–Trinajstić information content (AvgIpc) is 4.11. The van der Waals surface area contributed by atoms with Crippen molar-refractivity contribution >= 4 is 132 Å². The fourth-order valence-electron chi connectivity index (χ4n) is 11.2. The minimum absolute atomic E-state index is 0.846. The maximum atomic E-state index is 5.87. The first-order valence-electron chi connectivity index (χ1n) is 22.5. The average molecular weight is 841 g/mol. The Kier molecular flexibility index (Phi) is 7.13. The Labute approximate surface area is 377 Å². The molecule has 0 spiro atoms. The lowest BCUT2D eigenvalue weighted by Gasteiger charge is -2.27. The van der Waals surface area contributed by atoms with Crippen LogP contribution in [0.5, 0.6) is 0 Å². The topological polar surface area (TPSA) is 41.1 Å². The van der Waals surface area contributed by atoms with E-state index in [-0.39, 0.29) is 0 Å². The first-order valence-corrected chi connectivity index (χ1v) is 22.5. The van der Waals surface area contributed by atoms with Gasteiger partial charge in [0, 0.05) is 55.1 Å². The van der Waals surface area contributed by atoms with Crippen LogP contribution in [0.2, 0.25) is 0 Å². The minimum Gasteiger partial charge on any atom is -0.308 e. The molecule has 6 heteroatoms. The number of hydrogen-bond donors (Lipinski definition) is 0. The molecule has 66 heavy (non-hydrogen) atoms. The predicted molar refractivity (Wildman–Crippen MR) is 276 cm³/mol. The summed E-state index contributed by atoms with van der Waals surface area (Å²) in [6.07, 6.45) is 0. The molecule has 0 radical (unpaired) electrons. The van der Waals surface area contributed by atoms with Crippen molar-refractivity contribution in [2.24, 2.45) is 0 Å². The van der Waals surface area contributed by atoms with Crippen LogP contribution in [-0.4, -0.2) is 18.8 Å². The fourth-order valence-corrected chi connectivity index (χ4v) is 11.2. The number of fused-ring (bicyclic) bond motifs is 16. The van der Waals surface area contributed by atoms with Gasteiger partial charge in [-0.15, -0.1) is 0 Å². The highest BCUT2D eigenvalue weighted by molar-refractivity contribution is 6.37. The first kappa shape index (κ1) is 35.5. The standard InChI is InChI=1S/C60H36N6/c1-5-21-39(22-6-1)63(40-23-7-2-8-24-40)49-34-18-32-46-45-31-17-33-47-53-59(65(55(45)47)56(46)49)62-54-48-35-37-19-13-15-29-43(37)51-52-44-30-16-14-20-38(44)36-50(58(52)66(57(48)51)60(54)61-53)64(41-25-9-3-10-26-41)42-27-11-4-12-28-42/h1-36H. The zero-order chi connectivity index (χ0) is 43.0. The summed E-state index contributed by atoms with van der Waals surface area (Å²) >= 11 is 0. The second kappa shape index (κ2) is 13.3. The summed E-state index contributed by atoms with van der Waals surface area (Å²) in [7, 11) is 0. The lowest BCUT2D eigenvalue weighted by Crippen LogP contribution is -2.11. The van der Waals surface area contributed by atoms with E-state index in [1.54, 1.807) is 0 Å². The van der Waals surface area contributed by atoms with Crippen molar-refractivity contribution in [1.29, 1.82) is 0 Å². The zero-order valence-corrected chi connectivity index (χ0v) is 35.5. The number of rotatable bonds is 6. The normalized spacial score (nSPS) is 12.2. The Hall–Kier alpha value is -9.00. The number of nitrogens with zero attached hydrogens (tertiary/aromatic N) is 6. The summed E-state index contributed by atoms with van der Waals surface area (Å²) in [5.74, 6) is 0. The molecule has 0 bridgehead atoms. The van der Waals surface area contributed by atoms with Crippen LogP contribution in [0, 0.1) is 0 Å². The molecule has 0 atom stereocenters. The Bertz CT molecular complexity index is 4310.